The van der Waals surface area contributed by atoms with Crippen molar-refractivity contribution in [2.75, 3.05) is 0 Å². The summed E-state index contributed by atoms with van der Waals surface area (Å²) >= 11 is 1.44. The minimum Gasteiger partial charge on any atom is -0.274 e. The van der Waals surface area contributed by atoms with Crippen LogP contribution in [0.1, 0.15) is 22.5 Å². The van der Waals surface area contributed by atoms with E-state index in [9.17, 15) is 13.2 Å². The molecule has 25 heavy (non-hydrogen) atoms. The molecule has 0 aliphatic heterocycles. The molecule has 0 amide bonds. The van der Waals surface area contributed by atoms with Crippen LogP contribution in [0.15, 0.2) is 53.7 Å². The lowest BCUT2D eigenvalue weighted by Gasteiger charge is -2.09. The average Bonchev–Trinajstić information content (AvgIpc) is 2.94. The molecule has 0 unspecified atom stereocenters. The highest BCUT2D eigenvalue weighted by Gasteiger charge is 2.29. The van der Waals surface area contributed by atoms with Crippen molar-refractivity contribution in [3.05, 3.63) is 71.0 Å². The summed E-state index contributed by atoms with van der Waals surface area (Å²) in [6.07, 6.45) is -4.31. The van der Waals surface area contributed by atoms with Gasteiger partial charge in [0.1, 0.15) is 5.82 Å². The second-order valence-electron chi connectivity index (χ2n) is 5.68. The first-order chi connectivity index (χ1) is 11.8. The van der Waals surface area contributed by atoms with Gasteiger partial charge < -0.3 is 0 Å². The van der Waals surface area contributed by atoms with Gasteiger partial charge in [0.05, 0.1) is 5.56 Å². The smallest absolute Gasteiger partial charge is 0.274 e. The highest BCUT2D eigenvalue weighted by Crippen LogP contribution is 2.30. The second kappa shape index (κ2) is 6.92. The first-order valence-electron chi connectivity index (χ1n) is 7.62. The summed E-state index contributed by atoms with van der Waals surface area (Å²) < 4.78 is 39.8. The fraction of sp³-hybridized carbons (Fsp3) is 0.222. The van der Waals surface area contributed by atoms with Crippen molar-refractivity contribution in [2.24, 2.45) is 0 Å². The number of rotatable bonds is 4. The van der Waals surface area contributed by atoms with Gasteiger partial charge in [0.15, 0.2) is 5.16 Å². The number of aryl methyl sites for hydroxylation is 2. The zero-order valence-electron chi connectivity index (χ0n) is 13.7. The largest absolute Gasteiger partial charge is 0.416 e. The molecule has 0 aliphatic carbocycles. The minimum absolute atomic E-state index is 0.516. The summed E-state index contributed by atoms with van der Waals surface area (Å²) in [7, 11) is 0. The number of hydrogen-bond donors (Lipinski definition) is 0. The summed E-state index contributed by atoms with van der Waals surface area (Å²) in [5, 5.41) is 9.01. The normalized spacial score (nSPS) is 11.7. The predicted octanol–water partition coefficient (Wildman–Crippen LogP) is 5.20. The van der Waals surface area contributed by atoms with Crippen LogP contribution in [0.5, 0.6) is 0 Å². The molecule has 3 nitrogen and oxygen atoms in total. The van der Waals surface area contributed by atoms with Crippen molar-refractivity contribution in [1.29, 1.82) is 0 Å². The van der Waals surface area contributed by atoms with Crippen molar-refractivity contribution in [1.82, 2.24) is 14.8 Å². The summed E-state index contributed by atoms with van der Waals surface area (Å²) in [5.74, 6) is 1.28. The molecule has 3 aromatic rings. The van der Waals surface area contributed by atoms with Crippen LogP contribution in [0.25, 0.3) is 5.69 Å². The molecule has 0 fully saturated rings. The second-order valence-corrected chi connectivity index (χ2v) is 6.63. The van der Waals surface area contributed by atoms with Crippen molar-refractivity contribution in [3.63, 3.8) is 0 Å². The molecular formula is C18H16F3N3S. The summed E-state index contributed by atoms with van der Waals surface area (Å²) in [6.45, 7) is 3.89. The molecule has 0 saturated carbocycles. The average molecular weight is 363 g/mol. The highest BCUT2D eigenvalue weighted by atomic mass is 32.2. The third-order valence-corrected chi connectivity index (χ3v) is 4.74. The van der Waals surface area contributed by atoms with Gasteiger partial charge in [-0.25, -0.2) is 0 Å². The predicted molar refractivity (Wildman–Crippen MR) is 91.8 cm³/mol. The van der Waals surface area contributed by atoms with Gasteiger partial charge >= 0.3 is 6.18 Å². The monoisotopic (exact) mass is 363 g/mol. The standard InChI is InChI=1S/C18H16F3N3S/c1-12-3-9-16(10-4-12)24-13(2)22-23-17(24)25-11-14-5-7-15(8-6-14)18(19,20)21/h3-10H,11H2,1-2H3. The first kappa shape index (κ1) is 17.5. The van der Waals surface area contributed by atoms with E-state index in [1.54, 1.807) is 0 Å². The number of aromatic nitrogens is 3. The lowest BCUT2D eigenvalue weighted by Crippen LogP contribution is -2.04. The van der Waals surface area contributed by atoms with Crippen LogP contribution in [-0.2, 0) is 11.9 Å². The Morgan fingerprint density at radius 2 is 1.56 bits per heavy atom. The number of nitrogens with zero attached hydrogens (tertiary/aromatic N) is 3. The van der Waals surface area contributed by atoms with Gasteiger partial charge in [-0.15, -0.1) is 10.2 Å². The molecular weight excluding hydrogens is 347 g/mol. The maximum absolute atomic E-state index is 12.6. The van der Waals surface area contributed by atoms with Gasteiger partial charge in [0.2, 0.25) is 0 Å². The zero-order chi connectivity index (χ0) is 18.0. The lowest BCUT2D eigenvalue weighted by atomic mass is 10.1. The molecule has 0 atom stereocenters. The van der Waals surface area contributed by atoms with E-state index in [1.807, 2.05) is 42.7 Å². The fourth-order valence-corrected chi connectivity index (χ4v) is 3.32. The van der Waals surface area contributed by atoms with E-state index >= 15 is 0 Å². The third-order valence-electron chi connectivity index (χ3n) is 3.74. The molecule has 1 aromatic heterocycles. The Balaban J connectivity index is 1.77. The van der Waals surface area contributed by atoms with E-state index in [1.165, 1.54) is 23.9 Å². The number of thioether (sulfide) groups is 1. The lowest BCUT2D eigenvalue weighted by molar-refractivity contribution is -0.137. The topological polar surface area (TPSA) is 30.7 Å². The molecule has 2 aromatic carbocycles. The van der Waals surface area contributed by atoms with Gasteiger partial charge in [-0.1, -0.05) is 41.6 Å². The van der Waals surface area contributed by atoms with E-state index in [-0.39, 0.29) is 0 Å². The van der Waals surface area contributed by atoms with Gasteiger partial charge in [0, 0.05) is 11.4 Å². The number of alkyl halides is 3. The molecule has 0 spiro atoms. The molecule has 0 bridgehead atoms. The van der Waals surface area contributed by atoms with Crippen LogP contribution < -0.4 is 0 Å². The SMILES string of the molecule is Cc1ccc(-n2c(C)nnc2SCc2ccc(C(F)(F)F)cc2)cc1. The molecule has 3 rings (SSSR count). The molecule has 130 valence electrons. The van der Waals surface area contributed by atoms with Crippen LogP contribution in [-0.4, -0.2) is 14.8 Å². The third kappa shape index (κ3) is 4.04. The Labute approximate surface area is 147 Å². The summed E-state index contributed by atoms with van der Waals surface area (Å²) in [6, 6.07) is 13.2. The number of hydrogen-bond acceptors (Lipinski definition) is 3. The van der Waals surface area contributed by atoms with Crippen LogP contribution in [0.3, 0.4) is 0 Å². The molecule has 0 aliphatic rings. The van der Waals surface area contributed by atoms with Crippen LogP contribution in [0.2, 0.25) is 0 Å². The number of halogens is 3. The quantitative estimate of drug-likeness (QED) is 0.597. The van der Waals surface area contributed by atoms with Crippen molar-refractivity contribution >= 4 is 11.8 Å². The molecule has 0 saturated heterocycles. The Morgan fingerprint density at radius 3 is 2.16 bits per heavy atom. The van der Waals surface area contributed by atoms with Crippen LogP contribution >= 0.6 is 11.8 Å². The summed E-state index contributed by atoms with van der Waals surface area (Å²) in [5.41, 5.74) is 2.28. The molecule has 0 N–H and O–H groups in total. The van der Waals surface area contributed by atoms with Crippen molar-refractivity contribution < 1.29 is 13.2 Å². The van der Waals surface area contributed by atoms with Gasteiger partial charge in [-0.2, -0.15) is 13.2 Å². The summed E-state index contributed by atoms with van der Waals surface area (Å²) in [4.78, 5) is 0. The van der Waals surface area contributed by atoms with Gasteiger partial charge in [0.25, 0.3) is 0 Å². The van der Waals surface area contributed by atoms with Crippen LogP contribution in [0.4, 0.5) is 13.2 Å². The fourth-order valence-electron chi connectivity index (χ4n) is 2.37. The van der Waals surface area contributed by atoms with E-state index in [4.69, 9.17) is 0 Å². The van der Waals surface area contributed by atoms with Gasteiger partial charge in [-0.3, -0.25) is 4.57 Å². The van der Waals surface area contributed by atoms with E-state index in [0.717, 1.165) is 34.8 Å². The number of benzene rings is 2. The van der Waals surface area contributed by atoms with E-state index < -0.39 is 11.7 Å². The Morgan fingerprint density at radius 1 is 0.920 bits per heavy atom. The molecule has 1 heterocycles. The highest BCUT2D eigenvalue weighted by molar-refractivity contribution is 7.98. The maximum atomic E-state index is 12.6. The minimum atomic E-state index is -4.31. The molecule has 0 radical (unpaired) electrons. The zero-order valence-corrected chi connectivity index (χ0v) is 14.5. The Bertz CT molecular complexity index is 853. The molecule has 7 heteroatoms. The maximum Gasteiger partial charge on any atom is 0.416 e. The van der Waals surface area contributed by atoms with E-state index in [2.05, 4.69) is 10.2 Å². The Kier molecular flexibility index (Phi) is 4.85. The first-order valence-corrected chi connectivity index (χ1v) is 8.61. The van der Waals surface area contributed by atoms with Gasteiger partial charge in [-0.05, 0) is 43.7 Å². The Hall–Kier alpha value is -2.28. The van der Waals surface area contributed by atoms with Crippen molar-refractivity contribution in [2.45, 2.75) is 30.9 Å². The van der Waals surface area contributed by atoms with Crippen LogP contribution in [0, 0.1) is 13.8 Å². The van der Waals surface area contributed by atoms with E-state index in [0.29, 0.717) is 10.9 Å². The van der Waals surface area contributed by atoms with Crippen molar-refractivity contribution in [3.8, 4) is 5.69 Å².